The van der Waals surface area contributed by atoms with Gasteiger partial charge in [0.15, 0.2) is 0 Å². The van der Waals surface area contributed by atoms with E-state index in [0.29, 0.717) is 6.04 Å². The lowest BCUT2D eigenvalue weighted by Crippen LogP contribution is -2.28. The Morgan fingerprint density at radius 3 is 2.67 bits per heavy atom. The Hall–Kier alpha value is 0.0500. The SMILES string of the molecule is CCSCC(C)NCC=C(C)C. The Balaban J connectivity index is 3.31. The van der Waals surface area contributed by atoms with Crippen molar-refractivity contribution in [2.45, 2.75) is 33.7 Å². The van der Waals surface area contributed by atoms with Gasteiger partial charge in [-0.1, -0.05) is 18.6 Å². The smallest absolute Gasteiger partial charge is 0.0140 e. The zero-order chi connectivity index (χ0) is 9.40. The third-order valence-electron chi connectivity index (χ3n) is 1.55. The highest BCUT2D eigenvalue weighted by Crippen LogP contribution is 2.00. The molecule has 0 saturated heterocycles. The van der Waals surface area contributed by atoms with Gasteiger partial charge < -0.3 is 5.32 Å². The first-order valence-electron chi connectivity index (χ1n) is 4.61. The van der Waals surface area contributed by atoms with Crippen LogP contribution in [-0.2, 0) is 0 Å². The van der Waals surface area contributed by atoms with Crippen molar-refractivity contribution in [1.29, 1.82) is 0 Å². The highest BCUT2D eigenvalue weighted by molar-refractivity contribution is 7.99. The molecule has 1 N–H and O–H groups in total. The minimum atomic E-state index is 0.630. The van der Waals surface area contributed by atoms with Gasteiger partial charge in [0.25, 0.3) is 0 Å². The number of nitrogens with one attached hydrogen (secondary N) is 1. The second kappa shape index (κ2) is 7.69. The summed E-state index contributed by atoms with van der Waals surface area (Å²) < 4.78 is 0. The van der Waals surface area contributed by atoms with Crippen LogP contribution in [0.4, 0.5) is 0 Å². The zero-order valence-corrected chi connectivity index (χ0v) is 9.50. The average Bonchev–Trinajstić information content (AvgIpc) is 2.00. The summed E-state index contributed by atoms with van der Waals surface area (Å²) in [6, 6.07) is 0.630. The minimum absolute atomic E-state index is 0.630. The van der Waals surface area contributed by atoms with Gasteiger partial charge in [0, 0.05) is 18.3 Å². The highest BCUT2D eigenvalue weighted by atomic mass is 32.2. The second-order valence-corrected chi connectivity index (χ2v) is 4.57. The maximum Gasteiger partial charge on any atom is 0.0140 e. The Kier molecular flexibility index (Phi) is 7.72. The molecule has 12 heavy (non-hydrogen) atoms. The molecule has 0 heterocycles. The van der Waals surface area contributed by atoms with E-state index < -0.39 is 0 Å². The first kappa shape index (κ1) is 12.0. The van der Waals surface area contributed by atoms with Gasteiger partial charge in [0.1, 0.15) is 0 Å². The summed E-state index contributed by atoms with van der Waals surface area (Å²) in [4.78, 5) is 0. The van der Waals surface area contributed by atoms with Crippen LogP contribution in [0.25, 0.3) is 0 Å². The van der Waals surface area contributed by atoms with E-state index in [0.717, 1.165) is 6.54 Å². The largest absolute Gasteiger partial charge is 0.310 e. The summed E-state index contributed by atoms with van der Waals surface area (Å²) in [6.45, 7) is 9.71. The van der Waals surface area contributed by atoms with Crippen LogP contribution in [0.2, 0.25) is 0 Å². The molecule has 0 aliphatic heterocycles. The van der Waals surface area contributed by atoms with Crippen LogP contribution in [0.3, 0.4) is 0 Å². The van der Waals surface area contributed by atoms with E-state index in [1.165, 1.54) is 17.1 Å². The van der Waals surface area contributed by atoms with Crippen LogP contribution in [0.1, 0.15) is 27.7 Å². The normalized spacial score (nSPS) is 12.7. The molecule has 1 atom stereocenters. The molecule has 0 rings (SSSR count). The molecule has 0 aromatic rings. The summed E-state index contributed by atoms with van der Waals surface area (Å²) in [7, 11) is 0. The van der Waals surface area contributed by atoms with E-state index in [-0.39, 0.29) is 0 Å². The average molecular weight is 187 g/mol. The minimum Gasteiger partial charge on any atom is -0.310 e. The number of hydrogen-bond donors (Lipinski definition) is 1. The van der Waals surface area contributed by atoms with Crippen molar-refractivity contribution in [2.24, 2.45) is 0 Å². The van der Waals surface area contributed by atoms with Crippen molar-refractivity contribution in [1.82, 2.24) is 5.32 Å². The van der Waals surface area contributed by atoms with E-state index in [1.54, 1.807) is 0 Å². The van der Waals surface area contributed by atoms with E-state index in [4.69, 9.17) is 0 Å². The van der Waals surface area contributed by atoms with Crippen molar-refractivity contribution in [3.63, 3.8) is 0 Å². The van der Waals surface area contributed by atoms with Gasteiger partial charge in [-0.15, -0.1) is 0 Å². The quantitative estimate of drug-likeness (QED) is 0.642. The lowest BCUT2D eigenvalue weighted by molar-refractivity contribution is 0.639. The van der Waals surface area contributed by atoms with Crippen molar-refractivity contribution in [3.8, 4) is 0 Å². The molecule has 1 unspecified atom stereocenters. The van der Waals surface area contributed by atoms with Crippen LogP contribution < -0.4 is 5.32 Å². The molecule has 0 aliphatic carbocycles. The molecule has 0 aliphatic rings. The zero-order valence-electron chi connectivity index (χ0n) is 8.68. The number of thioether (sulfide) groups is 1. The summed E-state index contributed by atoms with van der Waals surface area (Å²) in [5, 5.41) is 3.45. The van der Waals surface area contributed by atoms with Crippen LogP contribution in [-0.4, -0.2) is 24.1 Å². The predicted octanol–water partition coefficient (Wildman–Crippen LogP) is 2.68. The van der Waals surface area contributed by atoms with Gasteiger partial charge in [-0.25, -0.2) is 0 Å². The molecule has 0 fully saturated rings. The van der Waals surface area contributed by atoms with Gasteiger partial charge in [-0.3, -0.25) is 0 Å². The van der Waals surface area contributed by atoms with Crippen molar-refractivity contribution in [3.05, 3.63) is 11.6 Å². The molecule has 2 heteroatoms. The summed E-state index contributed by atoms with van der Waals surface area (Å²) in [5.41, 5.74) is 1.39. The summed E-state index contributed by atoms with van der Waals surface area (Å²) >= 11 is 1.99. The molecule has 1 nitrogen and oxygen atoms in total. The molecule has 0 amide bonds. The van der Waals surface area contributed by atoms with Crippen LogP contribution in [0, 0.1) is 0 Å². The van der Waals surface area contributed by atoms with Crippen molar-refractivity contribution in [2.75, 3.05) is 18.1 Å². The van der Waals surface area contributed by atoms with Gasteiger partial charge in [0.05, 0.1) is 0 Å². The first-order chi connectivity index (χ1) is 5.66. The predicted molar refractivity (Wildman–Crippen MR) is 59.9 cm³/mol. The molecule has 72 valence electrons. The van der Waals surface area contributed by atoms with Gasteiger partial charge in [0.2, 0.25) is 0 Å². The van der Waals surface area contributed by atoms with Crippen molar-refractivity contribution >= 4 is 11.8 Å². The molecular formula is C10H21NS. The van der Waals surface area contributed by atoms with E-state index in [2.05, 4.69) is 39.1 Å². The number of rotatable bonds is 6. The molecule has 0 spiro atoms. The number of hydrogen-bond acceptors (Lipinski definition) is 2. The Morgan fingerprint density at radius 2 is 2.17 bits per heavy atom. The van der Waals surface area contributed by atoms with Gasteiger partial charge in [-0.2, -0.15) is 11.8 Å². The fourth-order valence-corrected chi connectivity index (χ4v) is 1.52. The number of allylic oxidation sites excluding steroid dienone is 1. The Morgan fingerprint density at radius 1 is 1.50 bits per heavy atom. The van der Waals surface area contributed by atoms with Crippen molar-refractivity contribution < 1.29 is 0 Å². The fraction of sp³-hybridized carbons (Fsp3) is 0.800. The molecule has 0 aromatic carbocycles. The Labute approximate surface area is 81.0 Å². The molecule has 0 radical (unpaired) electrons. The van der Waals surface area contributed by atoms with Gasteiger partial charge >= 0.3 is 0 Å². The lowest BCUT2D eigenvalue weighted by Gasteiger charge is -2.10. The maximum absolute atomic E-state index is 3.45. The topological polar surface area (TPSA) is 12.0 Å². The molecule has 0 saturated carbocycles. The standard InChI is InChI=1S/C10H21NS/c1-5-12-8-10(4)11-7-6-9(2)3/h6,10-11H,5,7-8H2,1-4H3. The fourth-order valence-electron chi connectivity index (χ4n) is 0.818. The summed E-state index contributed by atoms with van der Waals surface area (Å²) in [5.74, 6) is 2.43. The lowest BCUT2D eigenvalue weighted by atomic mass is 10.3. The van der Waals surface area contributed by atoms with E-state index >= 15 is 0 Å². The third-order valence-corrected chi connectivity index (χ3v) is 2.69. The maximum atomic E-state index is 3.45. The first-order valence-corrected chi connectivity index (χ1v) is 5.76. The monoisotopic (exact) mass is 187 g/mol. The van der Waals surface area contributed by atoms with Gasteiger partial charge in [-0.05, 0) is 26.5 Å². The second-order valence-electron chi connectivity index (χ2n) is 3.25. The van der Waals surface area contributed by atoms with Crippen LogP contribution in [0.15, 0.2) is 11.6 Å². The van der Waals surface area contributed by atoms with Crippen LogP contribution >= 0.6 is 11.8 Å². The molecule has 0 aromatic heterocycles. The van der Waals surface area contributed by atoms with E-state index in [1.807, 2.05) is 11.8 Å². The summed E-state index contributed by atoms with van der Waals surface area (Å²) in [6.07, 6.45) is 2.23. The molecule has 0 bridgehead atoms. The van der Waals surface area contributed by atoms with E-state index in [9.17, 15) is 0 Å². The highest BCUT2D eigenvalue weighted by Gasteiger charge is 1.97. The molecular weight excluding hydrogens is 166 g/mol. The third kappa shape index (κ3) is 8.15. The van der Waals surface area contributed by atoms with Crippen LogP contribution in [0.5, 0.6) is 0 Å². The Bertz CT molecular complexity index is 128.